The van der Waals surface area contributed by atoms with E-state index in [0.29, 0.717) is 5.56 Å². The highest BCUT2D eigenvalue weighted by Gasteiger charge is 2.42. The number of aliphatic hydroxyl groups is 1. The fourth-order valence-corrected chi connectivity index (χ4v) is 3.68. The lowest BCUT2D eigenvalue weighted by Crippen LogP contribution is -2.38. The summed E-state index contributed by atoms with van der Waals surface area (Å²) < 4.78 is 6.24. The molecule has 4 rings (SSSR count). The van der Waals surface area contributed by atoms with Gasteiger partial charge in [-0.05, 0) is 11.1 Å². The van der Waals surface area contributed by atoms with Gasteiger partial charge in [0.15, 0.2) is 0 Å². The van der Waals surface area contributed by atoms with Gasteiger partial charge in [-0.25, -0.2) is 0 Å². The number of aliphatic hydroxyl groups excluding tert-OH is 1. The highest BCUT2D eigenvalue weighted by Crippen LogP contribution is 2.42. The topological polar surface area (TPSA) is 63.6 Å². The van der Waals surface area contributed by atoms with Crippen LogP contribution >= 0.6 is 0 Å². The lowest BCUT2D eigenvalue weighted by molar-refractivity contribution is -0.114. The molecule has 0 atom stereocenters. The lowest BCUT2D eigenvalue weighted by Gasteiger charge is -2.38. The van der Waals surface area contributed by atoms with Gasteiger partial charge in [0.1, 0.15) is 11.4 Å². The van der Waals surface area contributed by atoms with Gasteiger partial charge in [-0.15, -0.1) is 0 Å². The molecule has 1 N–H and O–H groups in total. The Labute approximate surface area is 169 Å². The molecule has 0 radical (unpaired) electrons. The minimum atomic E-state index is -0.924. The molecule has 1 aliphatic heterocycles. The molecule has 144 valence electrons. The molecule has 0 amide bonds. The zero-order valence-corrected chi connectivity index (χ0v) is 15.7. The number of benzene rings is 3. The van der Waals surface area contributed by atoms with Crippen molar-refractivity contribution in [2.75, 3.05) is 6.61 Å². The Hall–Kier alpha value is -3.50. The van der Waals surface area contributed by atoms with Crippen molar-refractivity contribution in [3.63, 3.8) is 0 Å². The van der Waals surface area contributed by atoms with E-state index < -0.39 is 17.2 Å². The van der Waals surface area contributed by atoms with Crippen LogP contribution in [0.1, 0.15) is 27.9 Å². The Bertz CT molecular complexity index is 1010. The number of carbonyl (C=O) groups excluding carboxylic acids is 2. The van der Waals surface area contributed by atoms with E-state index in [9.17, 15) is 14.7 Å². The first-order valence-corrected chi connectivity index (χ1v) is 9.42. The summed E-state index contributed by atoms with van der Waals surface area (Å²) in [5, 5.41) is 10.8. The van der Waals surface area contributed by atoms with Crippen LogP contribution in [0.4, 0.5) is 0 Å². The van der Waals surface area contributed by atoms with Gasteiger partial charge in [0.05, 0.1) is 12.2 Å². The van der Waals surface area contributed by atoms with Crippen LogP contribution in [0.2, 0.25) is 0 Å². The highest BCUT2D eigenvalue weighted by atomic mass is 16.5. The van der Waals surface area contributed by atoms with Crippen LogP contribution in [0.15, 0.2) is 102 Å². The summed E-state index contributed by atoms with van der Waals surface area (Å²) in [4.78, 5) is 25.3. The first kappa shape index (κ1) is 18.8. The normalized spacial score (nSPS) is 15.7. The smallest absolute Gasteiger partial charge is 0.235 e. The molecule has 1 heterocycles. The van der Waals surface area contributed by atoms with Gasteiger partial charge in [-0.1, -0.05) is 91.0 Å². The monoisotopic (exact) mass is 384 g/mol. The van der Waals surface area contributed by atoms with Gasteiger partial charge in [0, 0.05) is 12.0 Å². The number of hydrogen-bond donors (Lipinski definition) is 1. The molecule has 0 saturated carbocycles. The Morgan fingerprint density at radius 2 is 1.21 bits per heavy atom. The Balaban J connectivity index is 1.72. The first-order chi connectivity index (χ1) is 14.1. The summed E-state index contributed by atoms with van der Waals surface area (Å²) in [6.07, 6.45) is 0.0736. The van der Waals surface area contributed by atoms with Gasteiger partial charge < -0.3 is 9.84 Å². The molecule has 1 aliphatic rings. The van der Waals surface area contributed by atoms with Gasteiger partial charge >= 0.3 is 0 Å². The van der Waals surface area contributed by atoms with Crippen molar-refractivity contribution < 1.29 is 19.4 Å². The fraction of sp³-hybridized carbons (Fsp3) is 0.120. The fourth-order valence-electron chi connectivity index (χ4n) is 3.68. The van der Waals surface area contributed by atoms with Crippen molar-refractivity contribution in [1.82, 2.24) is 0 Å². The third-order valence-corrected chi connectivity index (χ3v) is 5.22. The number of Topliss-reactive ketones (excluding diaryl/α,β-unsaturated/α-hetero) is 2. The molecule has 0 unspecified atom stereocenters. The Morgan fingerprint density at radius 3 is 1.69 bits per heavy atom. The Morgan fingerprint density at radius 1 is 0.724 bits per heavy atom. The average Bonchev–Trinajstić information content (AvgIpc) is 2.80. The van der Waals surface area contributed by atoms with E-state index in [-0.39, 0.29) is 24.4 Å². The van der Waals surface area contributed by atoms with Crippen LogP contribution in [-0.2, 0) is 15.1 Å². The molecule has 29 heavy (non-hydrogen) atoms. The van der Waals surface area contributed by atoms with Crippen LogP contribution in [0.3, 0.4) is 0 Å². The van der Waals surface area contributed by atoms with Gasteiger partial charge in [-0.2, -0.15) is 0 Å². The molecule has 0 saturated heterocycles. The van der Waals surface area contributed by atoms with Crippen molar-refractivity contribution in [2.24, 2.45) is 0 Å². The maximum atomic E-state index is 12.7. The molecule has 3 aromatic rings. The lowest BCUT2D eigenvalue weighted by atomic mass is 9.80. The SMILES string of the molecule is O=C(C(=O)c1ccccc1)C1=C(O)CC(c2ccccc2)(c2ccccc2)OC1. The number of carbonyl (C=O) groups is 2. The number of ketones is 2. The summed E-state index contributed by atoms with van der Waals surface area (Å²) in [6.45, 7) is -0.146. The van der Waals surface area contributed by atoms with Crippen LogP contribution in [0, 0.1) is 0 Å². The molecule has 3 aromatic carbocycles. The van der Waals surface area contributed by atoms with E-state index in [2.05, 4.69) is 0 Å². The number of rotatable bonds is 5. The van der Waals surface area contributed by atoms with E-state index in [1.54, 1.807) is 30.3 Å². The first-order valence-electron chi connectivity index (χ1n) is 9.42. The summed E-state index contributed by atoms with van der Waals surface area (Å²) in [6, 6.07) is 27.5. The predicted octanol–water partition coefficient (Wildman–Crippen LogP) is 4.61. The van der Waals surface area contributed by atoms with Crippen LogP contribution in [0.25, 0.3) is 0 Å². The van der Waals surface area contributed by atoms with Crippen molar-refractivity contribution in [2.45, 2.75) is 12.0 Å². The van der Waals surface area contributed by atoms with E-state index in [1.807, 2.05) is 60.7 Å². The molecule has 0 aliphatic carbocycles. The molecule has 0 aromatic heterocycles. The summed E-state index contributed by atoms with van der Waals surface area (Å²) in [5.41, 5.74) is 1.13. The second kappa shape index (κ2) is 7.86. The summed E-state index contributed by atoms with van der Waals surface area (Å²) >= 11 is 0. The van der Waals surface area contributed by atoms with E-state index in [0.717, 1.165) is 11.1 Å². The quantitative estimate of drug-likeness (QED) is 0.515. The van der Waals surface area contributed by atoms with Crippen LogP contribution in [-0.4, -0.2) is 23.3 Å². The van der Waals surface area contributed by atoms with Gasteiger partial charge in [0.2, 0.25) is 11.6 Å². The van der Waals surface area contributed by atoms with Crippen molar-refractivity contribution >= 4 is 11.6 Å². The molecule has 0 spiro atoms. The van der Waals surface area contributed by atoms with E-state index >= 15 is 0 Å². The number of hydrogen-bond acceptors (Lipinski definition) is 4. The minimum absolute atomic E-state index is 0.0151. The second-order valence-corrected chi connectivity index (χ2v) is 6.97. The van der Waals surface area contributed by atoms with E-state index in [4.69, 9.17) is 4.74 Å². The predicted molar refractivity (Wildman–Crippen MR) is 110 cm³/mol. The Kier molecular flexibility index (Phi) is 5.10. The average molecular weight is 384 g/mol. The maximum absolute atomic E-state index is 12.7. The standard InChI is InChI=1S/C25H20O4/c26-22-16-25(19-12-6-2-7-13-19,20-14-8-3-9-15-20)29-17-21(22)24(28)23(27)18-10-4-1-5-11-18/h1-15,26H,16-17H2. The van der Waals surface area contributed by atoms with E-state index in [1.165, 1.54) is 0 Å². The van der Waals surface area contributed by atoms with Gasteiger partial charge in [0.25, 0.3) is 0 Å². The highest BCUT2D eigenvalue weighted by molar-refractivity contribution is 6.49. The minimum Gasteiger partial charge on any atom is -0.512 e. The largest absolute Gasteiger partial charge is 0.512 e. The van der Waals surface area contributed by atoms with Crippen LogP contribution in [0.5, 0.6) is 0 Å². The molecular weight excluding hydrogens is 364 g/mol. The summed E-state index contributed by atoms with van der Waals surface area (Å²) in [5.74, 6) is -1.50. The molecule has 0 fully saturated rings. The molecule has 0 bridgehead atoms. The molecular formula is C25H20O4. The van der Waals surface area contributed by atoms with Crippen molar-refractivity contribution in [1.29, 1.82) is 0 Å². The third kappa shape index (κ3) is 3.50. The van der Waals surface area contributed by atoms with Crippen LogP contribution < -0.4 is 0 Å². The molecule has 4 heteroatoms. The van der Waals surface area contributed by atoms with Gasteiger partial charge in [-0.3, -0.25) is 9.59 Å². The summed E-state index contributed by atoms with van der Waals surface area (Å²) in [7, 11) is 0. The third-order valence-electron chi connectivity index (χ3n) is 5.22. The maximum Gasteiger partial charge on any atom is 0.235 e. The number of ether oxygens (including phenoxy) is 1. The zero-order chi connectivity index (χ0) is 20.3. The van der Waals surface area contributed by atoms with Crippen molar-refractivity contribution in [3.05, 3.63) is 119 Å². The zero-order valence-electron chi connectivity index (χ0n) is 15.7. The van der Waals surface area contributed by atoms with Crippen molar-refractivity contribution in [3.8, 4) is 0 Å². The molecule has 4 nitrogen and oxygen atoms in total. The second-order valence-electron chi connectivity index (χ2n) is 6.97.